The molecule has 11 heteroatoms. The van der Waals surface area contributed by atoms with Gasteiger partial charge >= 0.3 is 19.5 Å². The second-order valence-corrected chi connectivity index (χ2v) is 11.9. The summed E-state index contributed by atoms with van der Waals surface area (Å²) in [5, 5.41) is 0. The summed E-state index contributed by atoms with van der Waals surface area (Å²) in [6, 6.07) is 0. The first kappa shape index (κ1) is 20.6. The van der Waals surface area contributed by atoms with E-state index < -0.39 is 0 Å². The molecule has 92 valence electrons. The molecule has 0 amide bonds. The van der Waals surface area contributed by atoms with Gasteiger partial charge in [-0.05, 0) is 0 Å². The molecule has 0 aromatic rings. The van der Waals surface area contributed by atoms with Gasteiger partial charge in [0.1, 0.15) is 0 Å². The molecule has 0 atom stereocenters. The summed E-state index contributed by atoms with van der Waals surface area (Å²) < 4.78 is 5.79. The van der Waals surface area contributed by atoms with Crippen molar-refractivity contribution in [1.29, 1.82) is 0 Å². The van der Waals surface area contributed by atoms with Crippen LogP contribution < -0.4 is 0 Å². The molecule has 0 spiro atoms. The van der Waals surface area contributed by atoms with Crippen LogP contribution in [0.2, 0.25) is 0 Å². The SMILES string of the molecule is SC1=C(S)S[C-](S)S1.SC1=C(S)S[C-](S)S1.[Zn+2]. The van der Waals surface area contributed by atoms with Crippen molar-refractivity contribution in [3.8, 4) is 0 Å². The maximum atomic E-state index is 4.12. The summed E-state index contributed by atoms with van der Waals surface area (Å²) in [4.78, 5) is 0. The van der Waals surface area contributed by atoms with Crippen molar-refractivity contribution in [3.63, 3.8) is 0 Å². The van der Waals surface area contributed by atoms with E-state index in [9.17, 15) is 0 Å². The third kappa shape index (κ3) is 7.97. The zero-order valence-corrected chi connectivity index (χ0v) is 19.6. The monoisotopic (exact) mass is 462 g/mol. The first-order chi connectivity index (χ1) is 7.40. The molecule has 0 nitrogen and oxygen atoms in total. The molecule has 0 saturated carbocycles. The van der Waals surface area contributed by atoms with Gasteiger partial charge in [-0.15, -0.1) is 58.3 Å². The van der Waals surface area contributed by atoms with Gasteiger partial charge in [0.15, 0.2) is 0 Å². The number of rotatable bonds is 0. The zero-order valence-electron chi connectivity index (χ0n) is 8.02. The Hall–Kier alpha value is 3.60. The van der Waals surface area contributed by atoms with Crippen LogP contribution in [-0.4, -0.2) is 0 Å². The van der Waals surface area contributed by atoms with E-state index in [1.165, 1.54) is 47.0 Å². The van der Waals surface area contributed by atoms with Crippen LogP contribution in [0.1, 0.15) is 0 Å². The van der Waals surface area contributed by atoms with Gasteiger partial charge in [0.2, 0.25) is 0 Å². The standard InChI is InChI=1S/2C3H3S5.Zn/c2*4-1-2(5)8-3(6)7-1;/h2*4-6H;/q2*-1;+2. The van der Waals surface area contributed by atoms with E-state index in [-0.39, 0.29) is 19.5 Å². The van der Waals surface area contributed by atoms with Gasteiger partial charge in [-0.2, -0.15) is 0 Å². The molecule has 0 N–H and O–H groups in total. The molecule has 0 unspecified atom stereocenters. The Morgan fingerprint density at radius 2 is 0.765 bits per heavy atom. The predicted octanol–water partition coefficient (Wildman–Crippen LogP) is 5.66. The normalized spacial score (nSPS) is 21.5. The van der Waals surface area contributed by atoms with E-state index in [2.05, 4.69) is 75.8 Å². The average molecular weight is 464 g/mol. The van der Waals surface area contributed by atoms with Gasteiger partial charge < -0.3 is 25.3 Å². The summed E-state index contributed by atoms with van der Waals surface area (Å²) in [6.45, 7) is 0. The van der Waals surface area contributed by atoms with Crippen molar-refractivity contribution in [2.75, 3.05) is 0 Å². The minimum Gasteiger partial charge on any atom is -0.344 e. The maximum absolute atomic E-state index is 4.12. The summed E-state index contributed by atoms with van der Waals surface area (Å²) in [6.07, 6.45) is 0. The molecule has 0 saturated heterocycles. The van der Waals surface area contributed by atoms with Gasteiger partial charge in [0.05, 0.1) is 0 Å². The van der Waals surface area contributed by atoms with Crippen LogP contribution in [0.25, 0.3) is 0 Å². The Labute approximate surface area is 164 Å². The fraction of sp³-hybridized carbons (Fsp3) is 0. The molecule has 0 bridgehead atoms. The summed E-state index contributed by atoms with van der Waals surface area (Å²) in [5.74, 6) is 0. The second-order valence-electron chi connectivity index (χ2n) is 2.16. The molecule has 17 heavy (non-hydrogen) atoms. The van der Waals surface area contributed by atoms with Crippen LogP contribution in [0, 0.1) is 7.83 Å². The van der Waals surface area contributed by atoms with Gasteiger partial charge in [-0.1, -0.05) is 0 Å². The molecule has 0 fully saturated rings. The van der Waals surface area contributed by atoms with E-state index in [0.717, 1.165) is 24.8 Å². The molecule has 0 aliphatic carbocycles. The van der Waals surface area contributed by atoms with Crippen LogP contribution >= 0.6 is 123 Å². The number of hydrogen-bond donors (Lipinski definition) is 6. The van der Waals surface area contributed by atoms with E-state index in [1.807, 2.05) is 0 Å². The van der Waals surface area contributed by atoms with Crippen LogP contribution in [-0.2, 0) is 19.5 Å². The smallest absolute Gasteiger partial charge is 0.344 e. The Bertz CT molecular complexity index is 265. The first-order valence-corrected chi connectivity index (χ1v) is 9.42. The van der Waals surface area contributed by atoms with Crippen molar-refractivity contribution in [3.05, 3.63) is 24.8 Å². The third-order valence-electron chi connectivity index (χ3n) is 1.10. The molecule has 2 aliphatic heterocycles. The fourth-order valence-corrected chi connectivity index (χ4v) is 7.74. The average Bonchev–Trinajstić information content (AvgIpc) is 2.58. The summed E-state index contributed by atoms with van der Waals surface area (Å²) in [5.41, 5.74) is 0. The van der Waals surface area contributed by atoms with Gasteiger partial charge in [0.25, 0.3) is 0 Å². The molecule has 0 radical (unpaired) electrons. The molecule has 2 heterocycles. The minimum atomic E-state index is 0. The van der Waals surface area contributed by atoms with E-state index in [0.29, 0.717) is 0 Å². The van der Waals surface area contributed by atoms with Crippen LogP contribution in [0.4, 0.5) is 0 Å². The Morgan fingerprint density at radius 3 is 0.824 bits per heavy atom. The van der Waals surface area contributed by atoms with Crippen LogP contribution in [0.5, 0.6) is 0 Å². The quantitative estimate of drug-likeness (QED) is 0.156. The van der Waals surface area contributed by atoms with Gasteiger partial charge in [0, 0.05) is 16.9 Å². The van der Waals surface area contributed by atoms with Gasteiger partial charge in [-0.3, -0.25) is 47.0 Å². The predicted molar refractivity (Wildman–Crippen MR) is 105 cm³/mol. The maximum Gasteiger partial charge on any atom is 2.00 e. The number of thiol groups is 6. The van der Waals surface area contributed by atoms with Crippen molar-refractivity contribution >= 4 is 123 Å². The number of hydrogen-bond acceptors (Lipinski definition) is 10. The Morgan fingerprint density at radius 1 is 0.588 bits per heavy atom. The zero-order chi connectivity index (χ0) is 12.3. The van der Waals surface area contributed by atoms with E-state index in [4.69, 9.17) is 0 Å². The topological polar surface area (TPSA) is 0 Å². The minimum absolute atomic E-state index is 0. The molecular formula is C6H6S10Zn. The van der Waals surface area contributed by atoms with E-state index >= 15 is 0 Å². The molecule has 0 aromatic heterocycles. The fourth-order valence-electron chi connectivity index (χ4n) is 0.547. The van der Waals surface area contributed by atoms with Crippen molar-refractivity contribution in [1.82, 2.24) is 0 Å². The largest absolute Gasteiger partial charge is 2.00 e. The van der Waals surface area contributed by atoms with E-state index in [1.54, 1.807) is 0 Å². The molecular weight excluding hydrogens is 458 g/mol. The summed E-state index contributed by atoms with van der Waals surface area (Å²) in [7, 11) is 0. The number of thioether (sulfide) groups is 4. The molecule has 2 rings (SSSR count). The Balaban J connectivity index is 0.000000284. The van der Waals surface area contributed by atoms with Crippen molar-refractivity contribution < 1.29 is 19.5 Å². The van der Waals surface area contributed by atoms with Crippen molar-refractivity contribution in [2.45, 2.75) is 0 Å². The van der Waals surface area contributed by atoms with Crippen molar-refractivity contribution in [2.24, 2.45) is 0 Å². The van der Waals surface area contributed by atoms with Gasteiger partial charge in [-0.25, -0.2) is 0 Å². The van der Waals surface area contributed by atoms with Crippen LogP contribution in [0.15, 0.2) is 16.9 Å². The third-order valence-corrected chi connectivity index (χ3v) is 8.69. The Kier molecular flexibility index (Phi) is 12.5. The molecule has 2 aliphatic rings. The first-order valence-electron chi connectivity index (χ1n) is 3.47. The second kappa shape index (κ2) is 10.3. The molecule has 0 aromatic carbocycles. The summed E-state index contributed by atoms with van der Waals surface area (Å²) >= 11 is 30.9. The van der Waals surface area contributed by atoms with Crippen LogP contribution in [0.3, 0.4) is 0 Å².